The van der Waals surface area contributed by atoms with Crippen molar-refractivity contribution in [2.75, 3.05) is 26.9 Å². The molecule has 0 saturated carbocycles. The van der Waals surface area contributed by atoms with Crippen LogP contribution in [0.15, 0.2) is 18.2 Å². The summed E-state index contributed by atoms with van der Waals surface area (Å²) in [6.45, 7) is 3.75. The predicted molar refractivity (Wildman–Crippen MR) is 74.3 cm³/mol. The highest BCUT2D eigenvalue weighted by Gasteiger charge is 2.40. The first-order valence-electron chi connectivity index (χ1n) is 6.93. The SMILES string of the molecule is CCOC1(C(N)c2ccc(OC)c(F)c2)CCOCC1. The molecule has 112 valence electrons. The summed E-state index contributed by atoms with van der Waals surface area (Å²) in [5.74, 6) is -0.183. The second-order valence-electron chi connectivity index (χ2n) is 4.98. The number of benzene rings is 1. The summed E-state index contributed by atoms with van der Waals surface area (Å²) in [5.41, 5.74) is 6.61. The number of halogens is 1. The van der Waals surface area contributed by atoms with E-state index in [0.717, 1.165) is 18.4 Å². The number of rotatable bonds is 5. The van der Waals surface area contributed by atoms with Gasteiger partial charge in [0.15, 0.2) is 11.6 Å². The molecule has 5 heteroatoms. The minimum absolute atomic E-state index is 0.221. The molecule has 1 heterocycles. The third kappa shape index (κ3) is 2.95. The molecule has 0 amide bonds. The molecule has 0 radical (unpaired) electrons. The van der Waals surface area contributed by atoms with Crippen molar-refractivity contribution in [1.82, 2.24) is 0 Å². The Balaban J connectivity index is 2.26. The van der Waals surface area contributed by atoms with Crippen molar-refractivity contribution in [2.45, 2.75) is 31.4 Å². The lowest BCUT2D eigenvalue weighted by molar-refractivity contribution is -0.121. The number of hydrogen-bond donors (Lipinski definition) is 1. The maximum atomic E-state index is 13.8. The van der Waals surface area contributed by atoms with Crippen LogP contribution in [0.3, 0.4) is 0 Å². The highest BCUT2D eigenvalue weighted by Crippen LogP contribution is 2.37. The lowest BCUT2D eigenvalue weighted by Crippen LogP contribution is -2.48. The summed E-state index contributed by atoms with van der Waals surface area (Å²) in [7, 11) is 1.44. The average Bonchev–Trinajstić information content (AvgIpc) is 2.47. The smallest absolute Gasteiger partial charge is 0.165 e. The van der Waals surface area contributed by atoms with Gasteiger partial charge >= 0.3 is 0 Å². The van der Waals surface area contributed by atoms with E-state index in [9.17, 15) is 4.39 Å². The van der Waals surface area contributed by atoms with Crippen molar-refractivity contribution in [1.29, 1.82) is 0 Å². The van der Waals surface area contributed by atoms with E-state index < -0.39 is 11.4 Å². The minimum Gasteiger partial charge on any atom is -0.494 e. The Labute approximate surface area is 119 Å². The van der Waals surface area contributed by atoms with Crippen LogP contribution in [-0.4, -0.2) is 32.5 Å². The molecular formula is C15H22FNO3. The second-order valence-corrected chi connectivity index (χ2v) is 4.98. The first kappa shape index (κ1) is 15.2. The lowest BCUT2D eigenvalue weighted by Gasteiger charge is -2.41. The standard InChI is InChI=1S/C15H22FNO3/c1-3-20-15(6-8-19-9-7-15)14(17)11-4-5-13(18-2)12(16)10-11/h4-5,10,14H,3,6-9,17H2,1-2H3. The van der Waals surface area contributed by atoms with Crippen LogP contribution < -0.4 is 10.5 Å². The van der Waals surface area contributed by atoms with Crippen molar-refractivity contribution < 1.29 is 18.6 Å². The molecule has 1 fully saturated rings. The molecule has 1 aliphatic rings. The summed E-state index contributed by atoms with van der Waals surface area (Å²) < 4.78 is 30.1. The van der Waals surface area contributed by atoms with E-state index >= 15 is 0 Å². The topological polar surface area (TPSA) is 53.7 Å². The van der Waals surface area contributed by atoms with Gasteiger partial charge in [-0.3, -0.25) is 0 Å². The van der Waals surface area contributed by atoms with Gasteiger partial charge in [-0.2, -0.15) is 0 Å². The number of methoxy groups -OCH3 is 1. The lowest BCUT2D eigenvalue weighted by atomic mass is 9.82. The highest BCUT2D eigenvalue weighted by atomic mass is 19.1. The summed E-state index contributed by atoms with van der Waals surface area (Å²) in [6, 6.07) is 4.44. The number of nitrogens with two attached hydrogens (primary N) is 1. The Hall–Kier alpha value is -1.17. The molecule has 1 unspecified atom stereocenters. The first-order chi connectivity index (χ1) is 9.63. The fraction of sp³-hybridized carbons (Fsp3) is 0.600. The van der Waals surface area contributed by atoms with Crippen molar-refractivity contribution in [2.24, 2.45) is 5.73 Å². The van der Waals surface area contributed by atoms with Crippen LogP contribution in [0, 0.1) is 5.82 Å². The van der Waals surface area contributed by atoms with Gasteiger partial charge in [-0.05, 0) is 24.6 Å². The fourth-order valence-electron chi connectivity index (χ4n) is 2.73. The third-order valence-corrected chi connectivity index (χ3v) is 3.87. The predicted octanol–water partition coefficient (Wildman–Crippen LogP) is 2.42. The Bertz CT molecular complexity index is 441. The van der Waals surface area contributed by atoms with Gasteiger partial charge in [0, 0.05) is 32.7 Å². The van der Waals surface area contributed by atoms with E-state index in [4.69, 9.17) is 19.9 Å². The quantitative estimate of drug-likeness (QED) is 0.901. The second kappa shape index (κ2) is 6.52. The monoisotopic (exact) mass is 283 g/mol. The zero-order valence-corrected chi connectivity index (χ0v) is 12.0. The van der Waals surface area contributed by atoms with E-state index in [1.807, 2.05) is 6.92 Å². The molecule has 0 aromatic heterocycles. The normalized spacial score (nSPS) is 19.6. The zero-order chi connectivity index (χ0) is 14.6. The molecule has 2 N–H and O–H groups in total. The molecule has 1 saturated heterocycles. The van der Waals surface area contributed by atoms with Crippen LogP contribution in [0.4, 0.5) is 4.39 Å². The molecule has 4 nitrogen and oxygen atoms in total. The zero-order valence-electron chi connectivity index (χ0n) is 12.0. The maximum Gasteiger partial charge on any atom is 0.165 e. The van der Waals surface area contributed by atoms with Crippen LogP contribution in [0.1, 0.15) is 31.4 Å². The van der Waals surface area contributed by atoms with E-state index in [-0.39, 0.29) is 11.8 Å². The molecule has 0 spiro atoms. The van der Waals surface area contributed by atoms with Crippen molar-refractivity contribution in [3.63, 3.8) is 0 Å². The van der Waals surface area contributed by atoms with Crippen LogP contribution in [0.5, 0.6) is 5.75 Å². The van der Waals surface area contributed by atoms with Gasteiger partial charge < -0.3 is 19.9 Å². The Morgan fingerprint density at radius 3 is 2.65 bits per heavy atom. The van der Waals surface area contributed by atoms with Gasteiger partial charge in [-0.1, -0.05) is 6.07 Å². The van der Waals surface area contributed by atoms with Crippen molar-refractivity contribution in [3.05, 3.63) is 29.6 Å². The van der Waals surface area contributed by atoms with Gasteiger partial charge in [0.25, 0.3) is 0 Å². The number of ether oxygens (including phenoxy) is 3. The fourth-order valence-corrected chi connectivity index (χ4v) is 2.73. The Morgan fingerprint density at radius 2 is 2.10 bits per heavy atom. The molecule has 1 aromatic carbocycles. The largest absolute Gasteiger partial charge is 0.494 e. The van der Waals surface area contributed by atoms with E-state index in [1.54, 1.807) is 12.1 Å². The molecule has 20 heavy (non-hydrogen) atoms. The summed E-state index contributed by atoms with van der Waals surface area (Å²) in [5, 5.41) is 0. The van der Waals surface area contributed by atoms with Crippen molar-refractivity contribution >= 4 is 0 Å². The Kier molecular flexibility index (Phi) is 4.96. The van der Waals surface area contributed by atoms with Gasteiger partial charge in [-0.15, -0.1) is 0 Å². The first-order valence-corrected chi connectivity index (χ1v) is 6.93. The minimum atomic E-state index is -0.478. The van der Waals surface area contributed by atoms with Crippen LogP contribution in [-0.2, 0) is 9.47 Å². The molecular weight excluding hydrogens is 261 g/mol. The van der Waals surface area contributed by atoms with Gasteiger partial charge in [0.05, 0.1) is 18.8 Å². The van der Waals surface area contributed by atoms with E-state index in [2.05, 4.69) is 0 Å². The Morgan fingerprint density at radius 1 is 1.40 bits per heavy atom. The summed E-state index contributed by atoms with van der Waals surface area (Å²) in [6.07, 6.45) is 1.44. The van der Waals surface area contributed by atoms with Crippen LogP contribution in [0.25, 0.3) is 0 Å². The molecule has 0 bridgehead atoms. The molecule has 1 aliphatic heterocycles. The molecule has 0 aliphatic carbocycles. The number of hydrogen-bond acceptors (Lipinski definition) is 4. The average molecular weight is 283 g/mol. The van der Waals surface area contributed by atoms with Crippen LogP contribution >= 0.6 is 0 Å². The molecule has 2 rings (SSSR count). The van der Waals surface area contributed by atoms with Gasteiger partial charge in [-0.25, -0.2) is 4.39 Å². The van der Waals surface area contributed by atoms with Crippen molar-refractivity contribution in [3.8, 4) is 5.75 Å². The third-order valence-electron chi connectivity index (χ3n) is 3.87. The molecule has 1 aromatic rings. The summed E-state index contributed by atoms with van der Waals surface area (Å²) in [4.78, 5) is 0. The summed E-state index contributed by atoms with van der Waals surface area (Å²) >= 11 is 0. The van der Waals surface area contributed by atoms with Gasteiger partial charge in [0.2, 0.25) is 0 Å². The van der Waals surface area contributed by atoms with Crippen LogP contribution in [0.2, 0.25) is 0 Å². The maximum absolute atomic E-state index is 13.8. The van der Waals surface area contributed by atoms with Gasteiger partial charge in [0.1, 0.15) is 0 Å². The highest BCUT2D eigenvalue weighted by molar-refractivity contribution is 5.32. The van der Waals surface area contributed by atoms with E-state index in [0.29, 0.717) is 19.8 Å². The molecule has 1 atom stereocenters. The van der Waals surface area contributed by atoms with E-state index in [1.165, 1.54) is 13.2 Å².